The monoisotopic (exact) mass is 693 g/mol. The fraction of sp³-hybridized carbons (Fsp3) is 0.405. The fourth-order valence-corrected chi connectivity index (χ4v) is 7.30. The maximum atomic E-state index is 14.2. The fourth-order valence-electron chi connectivity index (χ4n) is 7.04. The molecule has 1 saturated heterocycles. The summed E-state index contributed by atoms with van der Waals surface area (Å²) >= 11 is 12.6. The molecule has 3 aromatic carbocycles. The molecule has 1 N–H and O–H groups in total. The van der Waals surface area contributed by atoms with Gasteiger partial charge in [-0.05, 0) is 78.3 Å². The van der Waals surface area contributed by atoms with Crippen LogP contribution in [0.1, 0.15) is 75.5 Å². The quantitative estimate of drug-likeness (QED) is 0.139. The van der Waals surface area contributed by atoms with Crippen molar-refractivity contribution in [3.63, 3.8) is 0 Å². The number of piperidine rings is 1. The highest BCUT2D eigenvalue weighted by molar-refractivity contribution is 6.30. The van der Waals surface area contributed by atoms with Crippen LogP contribution >= 0.6 is 23.2 Å². The molecule has 1 aliphatic heterocycles. The number of carbonyl (C=O) groups is 3. The van der Waals surface area contributed by atoms with Gasteiger partial charge in [-0.3, -0.25) is 9.59 Å². The van der Waals surface area contributed by atoms with Crippen LogP contribution in [0.15, 0.2) is 66.7 Å². The predicted octanol–water partition coefficient (Wildman–Crippen LogP) is 8.08. The van der Waals surface area contributed by atoms with E-state index in [0.717, 1.165) is 5.52 Å². The zero-order chi connectivity index (χ0) is 34.8. The van der Waals surface area contributed by atoms with Crippen molar-refractivity contribution in [2.45, 2.75) is 70.9 Å². The van der Waals surface area contributed by atoms with Crippen LogP contribution in [0, 0.1) is 5.41 Å². The number of carboxylic acid groups (broad SMARTS) is 1. The Morgan fingerprint density at radius 3 is 2.04 bits per heavy atom. The number of methoxy groups -OCH3 is 1. The zero-order valence-corrected chi connectivity index (χ0v) is 29.3. The van der Waals surface area contributed by atoms with Crippen LogP contribution in [0.2, 0.25) is 10.0 Å². The molecule has 11 heteroatoms. The van der Waals surface area contributed by atoms with E-state index in [1.165, 1.54) is 12.0 Å². The molecule has 1 aliphatic rings. The number of aryl methyl sites for hydroxylation is 1. The van der Waals surface area contributed by atoms with E-state index in [1.54, 1.807) is 31.2 Å². The Kier molecular flexibility index (Phi) is 10.4. The number of esters is 2. The largest absolute Gasteiger partial charge is 0.468 e. The van der Waals surface area contributed by atoms with E-state index in [2.05, 4.69) is 4.57 Å². The smallest absolute Gasteiger partial charge is 0.407 e. The van der Waals surface area contributed by atoms with Gasteiger partial charge in [0.15, 0.2) is 0 Å². The van der Waals surface area contributed by atoms with Crippen molar-refractivity contribution in [1.29, 1.82) is 0 Å². The minimum atomic E-state index is -1.40. The summed E-state index contributed by atoms with van der Waals surface area (Å²) in [6.07, 6.45) is 0.634. The number of imidazole rings is 1. The third kappa shape index (κ3) is 6.76. The third-order valence-electron chi connectivity index (χ3n) is 9.28. The number of rotatable bonds is 9. The van der Waals surface area contributed by atoms with Crippen LogP contribution in [0.5, 0.6) is 0 Å². The Labute approximate surface area is 290 Å². The SMILES string of the molecule is CCOC(=O)CCc1nc2ccc(C(C(=O)OC)(c3ccc(Cl)cc3)c3ccc(Cl)cc3)cc2n1C1CCN(C(=O)O)C(C(C)(C)C)C1. The lowest BCUT2D eigenvalue weighted by molar-refractivity contribution is -0.144. The topological polar surface area (TPSA) is 111 Å². The van der Waals surface area contributed by atoms with Gasteiger partial charge in [0.2, 0.25) is 0 Å². The maximum Gasteiger partial charge on any atom is 0.407 e. The van der Waals surface area contributed by atoms with Gasteiger partial charge in [0.05, 0.1) is 31.2 Å². The molecule has 2 atom stereocenters. The maximum absolute atomic E-state index is 14.2. The van der Waals surface area contributed by atoms with Crippen LogP contribution in [-0.2, 0) is 30.9 Å². The molecule has 48 heavy (non-hydrogen) atoms. The van der Waals surface area contributed by atoms with E-state index in [-0.39, 0.29) is 36.5 Å². The first-order chi connectivity index (χ1) is 22.8. The van der Waals surface area contributed by atoms with Gasteiger partial charge in [-0.2, -0.15) is 0 Å². The molecular formula is C37H41Cl2N3O6. The number of likely N-dealkylation sites (tertiary alicyclic amines) is 1. The predicted molar refractivity (Wildman–Crippen MR) is 186 cm³/mol. The van der Waals surface area contributed by atoms with Crippen LogP contribution in [0.4, 0.5) is 4.79 Å². The molecule has 4 aromatic rings. The van der Waals surface area contributed by atoms with E-state index in [0.29, 0.717) is 63.9 Å². The molecule has 1 amide bonds. The van der Waals surface area contributed by atoms with Crippen molar-refractivity contribution < 1.29 is 29.0 Å². The van der Waals surface area contributed by atoms with Crippen molar-refractivity contribution in [3.05, 3.63) is 99.3 Å². The third-order valence-corrected chi connectivity index (χ3v) is 9.79. The first-order valence-electron chi connectivity index (χ1n) is 16.1. The highest BCUT2D eigenvalue weighted by Gasteiger charge is 2.46. The molecule has 1 aromatic heterocycles. The first-order valence-corrected chi connectivity index (χ1v) is 16.8. The second kappa shape index (κ2) is 14.2. The molecule has 1 fully saturated rings. The van der Waals surface area contributed by atoms with Crippen molar-refractivity contribution in [3.8, 4) is 0 Å². The molecule has 0 radical (unpaired) electrons. The number of nitrogens with zero attached hydrogens (tertiary/aromatic N) is 3. The summed E-state index contributed by atoms with van der Waals surface area (Å²) < 4.78 is 12.9. The summed E-state index contributed by atoms with van der Waals surface area (Å²) in [5.74, 6) is -0.124. The van der Waals surface area contributed by atoms with Gasteiger partial charge in [-0.25, -0.2) is 9.78 Å². The second-order valence-electron chi connectivity index (χ2n) is 13.2. The number of aromatic nitrogens is 2. The second-order valence-corrected chi connectivity index (χ2v) is 14.1. The van der Waals surface area contributed by atoms with E-state index in [9.17, 15) is 19.5 Å². The lowest BCUT2D eigenvalue weighted by Gasteiger charge is -2.45. The molecule has 0 spiro atoms. The number of ether oxygens (including phenoxy) is 2. The van der Waals surface area contributed by atoms with E-state index < -0.39 is 17.5 Å². The van der Waals surface area contributed by atoms with Gasteiger partial charge in [-0.15, -0.1) is 0 Å². The Hall–Kier alpha value is -4.08. The van der Waals surface area contributed by atoms with Crippen LogP contribution in [0.3, 0.4) is 0 Å². The number of amides is 1. The molecule has 254 valence electrons. The standard InChI is InChI=1S/C37H41Cl2N3O6/c1-6-48-33(43)18-17-32-40-29-16-11-25(21-30(29)42(32)28-19-20-41(35(45)46)31(22-28)36(2,3)4)37(34(44)47-5,23-7-12-26(38)13-8-23)24-9-14-27(39)15-10-24/h7-16,21,28,31H,6,17-20,22H2,1-5H3,(H,45,46). The van der Waals surface area contributed by atoms with Crippen molar-refractivity contribution in [2.24, 2.45) is 5.41 Å². The van der Waals surface area contributed by atoms with Crippen LogP contribution < -0.4 is 0 Å². The van der Waals surface area contributed by atoms with Gasteiger partial charge in [0.1, 0.15) is 11.2 Å². The van der Waals surface area contributed by atoms with Gasteiger partial charge in [0, 0.05) is 35.1 Å². The minimum absolute atomic E-state index is 0.124. The van der Waals surface area contributed by atoms with Crippen molar-refractivity contribution >= 4 is 52.3 Å². The van der Waals surface area contributed by atoms with Gasteiger partial charge < -0.3 is 24.0 Å². The lowest BCUT2D eigenvalue weighted by atomic mass is 9.69. The number of halogens is 2. The normalized spacial score (nSPS) is 16.9. The molecule has 5 rings (SSSR count). The molecular weight excluding hydrogens is 653 g/mol. The average Bonchev–Trinajstić information content (AvgIpc) is 3.42. The molecule has 0 aliphatic carbocycles. The van der Waals surface area contributed by atoms with Crippen LogP contribution in [0.25, 0.3) is 11.0 Å². The number of fused-ring (bicyclic) bond motifs is 1. The van der Waals surface area contributed by atoms with E-state index in [1.807, 2.05) is 63.2 Å². The number of hydrogen-bond acceptors (Lipinski definition) is 6. The van der Waals surface area contributed by atoms with Crippen molar-refractivity contribution in [1.82, 2.24) is 14.5 Å². The molecule has 0 bridgehead atoms. The number of benzene rings is 3. The zero-order valence-electron chi connectivity index (χ0n) is 27.8. The number of hydrogen-bond donors (Lipinski definition) is 1. The average molecular weight is 695 g/mol. The summed E-state index contributed by atoms with van der Waals surface area (Å²) in [5.41, 5.74) is 1.67. The Balaban J connectivity index is 1.75. The molecule has 9 nitrogen and oxygen atoms in total. The summed E-state index contributed by atoms with van der Waals surface area (Å²) in [7, 11) is 1.36. The van der Waals surface area contributed by atoms with Crippen molar-refractivity contribution in [2.75, 3.05) is 20.3 Å². The molecule has 0 saturated carbocycles. The first kappa shape index (κ1) is 35.2. The van der Waals surface area contributed by atoms with Gasteiger partial charge in [-0.1, -0.05) is 74.3 Å². The number of carbonyl (C=O) groups excluding carboxylic acids is 2. The minimum Gasteiger partial charge on any atom is -0.468 e. The summed E-state index contributed by atoms with van der Waals surface area (Å²) in [6, 6.07) is 19.6. The van der Waals surface area contributed by atoms with E-state index in [4.69, 9.17) is 37.7 Å². The van der Waals surface area contributed by atoms with Gasteiger partial charge in [0.25, 0.3) is 0 Å². The molecule has 2 unspecified atom stereocenters. The van der Waals surface area contributed by atoms with Crippen LogP contribution in [-0.4, -0.2) is 63.9 Å². The lowest BCUT2D eigenvalue weighted by Crippen LogP contribution is -2.51. The molecule has 2 heterocycles. The Morgan fingerprint density at radius 2 is 1.52 bits per heavy atom. The summed E-state index contributed by atoms with van der Waals surface area (Å²) in [6.45, 7) is 8.54. The van der Waals surface area contributed by atoms with Gasteiger partial charge >= 0.3 is 18.0 Å². The summed E-state index contributed by atoms with van der Waals surface area (Å²) in [4.78, 5) is 45.5. The Morgan fingerprint density at radius 1 is 0.938 bits per heavy atom. The highest BCUT2D eigenvalue weighted by atomic mass is 35.5. The summed E-state index contributed by atoms with van der Waals surface area (Å²) in [5, 5.41) is 11.1. The Bertz CT molecular complexity index is 1750. The highest BCUT2D eigenvalue weighted by Crippen LogP contribution is 2.44. The van der Waals surface area contributed by atoms with E-state index >= 15 is 0 Å².